The van der Waals surface area contributed by atoms with Crippen molar-refractivity contribution in [1.82, 2.24) is 14.9 Å². The van der Waals surface area contributed by atoms with Gasteiger partial charge in [0.15, 0.2) is 0 Å². The number of ether oxygens (including phenoxy) is 1. The van der Waals surface area contributed by atoms with Crippen LogP contribution in [-0.4, -0.2) is 62.3 Å². The molecule has 4 rings (SSSR count). The Balaban J connectivity index is 1.48. The fourth-order valence-corrected chi connectivity index (χ4v) is 4.11. The van der Waals surface area contributed by atoms with Gasteiger partial charge in [0, 0.05) is 64.6 Å². The minimum Gasteiger partial charge on any atom is -0.497 e. The van der Waals surface area contributed by atoms with Gasteiger partial charge in [-0.3, -0.25) is 4.90 Å². The number of piperazine rings is 1. The number of nitrogens with zero attached hydrogens (tertiary/aromatic N) is 5. The summed E-state index contributed by atoms with van der Waals surface area (Å²) in [7, 11) is 5.67. The molecular formula is C22H28N6OS. The van der Waals surface area contributed by atoms with Crippen LogP contribution in [0.25, 0.3) is 0 Å². The van der Waals surface area contributed by atoms with E-state index in [-0.39, 0.29) is 0 Å². The lowest BCUT2D eigenvalue weighted by Crippen LogP contribution is -2.46. The summed E-state index contributed by atoms with van der Waals surface area (Å²) in [6, 6.07) is 12.0. The Bertz CT molecular complexity index is 954. The third-order valence-electron chi connectivity index (χ3n) is 5.14. The van der Waals surface area contributed by atoms with E-state index < -0.39 is 0 Å². The van der Waals surface area contributed by atoms with Crippen LogP contribution in [0.4, 0.5) is 23.3 Å². The summed E-state index contributed by atoms with van der Waals surface area (Å²) in [5.74, 6) is 3.23. The van der Waals surface area contributed by atoms with Crippen molar-refractivity contribution in [3.8, 4) is 5.75 Å². The van der Waals surface area contributed by atoms with Crippen molar-refractivity contribution in [3.63, 3.8) is 0 Å². The molecular weight excluding hydrogens is 396 g/mol. The van der Waals surface area contributed by atoms with Crippen LogP contribution in [0.15, 0.2) is 47.2 Å². The summed E-state index contributed by atoms with van der Waals surface area (Å²) in [6.45, 7) is 4.85. The molecule has 3 aromatic rings. The normalized spacial score (nSPS) is 14.6. The highest BCUT2D eigenvalue weighted by atomic mass is 32.1. The number of hydrogen-bond donors (Lipinski definition) is 1. The third-order valence-corrected chi connectivity index (χ3v) is 5.87. The topological polar surface area (TPSA) is 56.8 Å². The summed E-state index contributed by atoms with van der Waals surface area (Å²) in [5.41, 5.74) is 2.33. The zero-order chi connectivity index (χ0) is 20.9. The first-order chi connectivity index (χ1) is 14.6. The molecule has 1 fully saturated rings. The number of nitrogens with one attached hydrogen (secondary N) is 1. The van der Waals surface area contributed by atoms with E-state index in [1.165, 1.54) is 5.56 Å². The molecule has 2 aromatic heterocycles. The summed E-state index contributed by atoms with van der Waals surface area (Å²) in [4.78, 5) is 16.4. The van der Waals surface area contributed by atoms with Crippen LogP contribution in [0.1, 0.15) is 5.56 Å². The highest BCUT2D eigenvalue weighted by Crippen LogP contribution is 2.25. The molecule has 0 spiro atoms. The number of thiophene rings is 1. The number of aromatic nitrogens is 2. The van der Waals surface area contributed by atoms with E-state index in [4.69, 9.17) is 14.7 Å². The Kier molecular flexibility index (Phi) is 6.35. The van der Waals surface area contributed by atoms with E-state index >= 15 is 0 Å². The van der Waals surface area contributed by atoms with E-state index in [1.54, 1.807) is 18.4 Å². The first-order valence-corrected chi connectivity index (χ1v) is 11.0. The highest BCUT2D eigenvalue weighted by Gasteiger charge is 2.20. The second kappa shape index (κ2) is 9.32. The first-order valence-electron chi connectivity index (χ1n) is 10.1. The van der Waals surface area contributed by atoms with Gasteiger partial charge in [-0.15, -0.1) is 0 Å². The second-order valence-electron chi connectivity index (χ2n) is 7.56. The fourth-order valence-electron chi connectivity index (χ4n) is 3.45. The second-order valence-corrected chi connectivity index (χ2v) is 8.34. The average molecular weight is 425 g/mol. The Morgan fingerprint density at radius 3 is 2.63 bits per heavy atom. The van der Waals surface area contributed by atoms with Gasteiger partial charge in [-0.25, -0.2) is 0 Å². The van der Waals surface area contributed by atoms with Crippen LogP contribution >= 0.6 is 11.3 Å². The summed E-state index contributed by atoms with van der Waals surface area (Å²) in [6.07, 6.45) is 0. The molecule has 158 valence electrons. The lowest BCUT2D eigenvalue weighted by molar-refractivity contribution is 0.249. The molecule has 0 bridgehead atoms. The van der Waals surface area contributed by atoms with Gasteiger partial charge in [-0.2, -0.15) is 21.3 Å². The van der Waals surface area contributed by atoms with Gasteiger partial charge < -0.3 is 19.9 Å². The van der Waals surface area contributed by atoms with Crippen LogP contribution in [0.2, 0.25) is 0 Å². The minimum atomic E-state index is 0.766. The van der Waals surface area contributed by atoms with Crippen LogP contribution in [0.3, 0.4) is 0 Å². The van der Waals surface area contributed by atoms with E-state index in [0.717, 1.165) is 61.7 Å². The minimum absolute atomic E-state index is 0.766. The highest BCUT2D eigenvalue weighted by molar-refractivity contribution is 7.07. The first kappa shape index (κ1) is 20.4. The Morgan fingerprint density at radius 1 is 1.10 bits per heavy atom. The van der Waals surface area contributed by atoms with E-state index in [9.17, 15) is 0 Å². The predicted molar refractivity (Wildman–Crippen MR) is 124 cm³/mol. The predicted octanol–water partition coefficient (Wildman–Crippen LogP) is 3.68. The number of rotatable bonds is 7. The maximum Gasteiger partial charge on any atom is 0.229 e. The van der Waals surface area contributed by atoms with Gasteiger partial charge >= 0.3 is 0 Å². The maximum atomic E-state index is 5.33. The Labute approximate surface area is 181 Å². The standard InChI is InChI=1S/C22H28N6OS/c1-26(2)21-14-20(23-18-5-4-6-19(13-18)29-3)24-22(25-21)28-10-8-27(9-11-28)15-17-7-12-30-16-17/h4-7,12-14,16H,8-11,15H2,1-3H3,(H,23,24,25). The monoisotopic (exact) mass is 424 g/mol. The van der Waals surface area contributed by atoms with Gasteiger partial charge in [-0.1, -0.05) is 6.07 Å². The smallest absolute Gasteiger partial charge is 0.229 e. The van der Waals surface area contributed by atoms with Crippen LogP contribution < -0.4 is 19.9 Å². The van der Waals surface area contributed by atoms with Crippen LogP contribution in [-0.2, 0) is 6.54 Å². The van der Waals surface area contributed by atoms with E-state index in [0.29, 0.717) is 0 Å². The fraction of sp³-hybridized carbons (Fsp3) is 0.364. The van der Waals surface area contributed by atoms with Crippen molar-refractivity contribution in [2.45, 2.75) is 6.54 Å². The SMILES string of the molecule is COc1cccc(Nc2cc(N(C)C)nc(N3CCN(Cc4ccsc4)CC3)n2)c1. The third kappa shape index (κ3) is 5.01. The summed E-state index contributed by atoms with van der Waals surface area (Å²) in [5, 5.41) is 7.77. The molecule has 0 amide bonds. The molecule has 7 nitrogen and oxygen atoms in total. The molecule has 0 saturated carbocycles. The summed E-state index contributed by atoms with van der Waals surface area (Å²) >= 11 is 1.76. The Morgan fingerprint density at radius 2 is 1.93 bits per heavy atom. The lowest BCUT2D eigenvalue weighted by atomic mass is 10.2. The van der Waals surface area contributed by atoms with Crippen LogP contribution in [0.5, 0.6) is 5.75 Å². The molecule has 1 aromatic carbocycles. The quantitative estimate of drug-likeness (QED) is 0.621. The molecule has 0 radical (unpaired) electrons. The van der Waals surface area contributed by atoms with Crippen molar-refractivity contribution >= 4 is 34.6 Å². The molecule has 0 aliphatic carbocycles. The van der Waals surface area contributed by atoms with Gasteiger partial charge in [0.05, 0.1) is 7.11 Å². The van der Waals surface area contributed by atoms with Gasteiger partial charge in [0.2, 0.25) is 5.95 Å². The zero-order valence-corrected chi connectivity index (χ0v) is 18.5. The van der Waals surface area contributed by atoms with Crippen molar-refractivity contribution < 1.29 is 4.74 Å². The molecule has 0 atom stereocenters. The largest absolute Gasteiger partial charge is 0.497 e. The zero-order valence-electron chi connectivity index (χ0n) is 17.7. The molecule has 30 heavy (non-hydrogen) atoms. The molecule has 8 heteroatoms. The number of benzene rings is 1. The Hall–Kier alpha value is -2.84. The summed E-state index contributed by atoms with van der Waals surface area (Å²) < 4.78 is 5.33. The van der Waals surface area contributed by atoms with Gasteiger partial charge in [0.25, 0.3) is 0 Å². The van der Waals surface area contributed by atoms with Crippen molar-refractivity contribution in [2.75, 3.05) is 62.5 Å². The van der Waals surface area contributed by atoms with E-state index in [2.05, 4.69) is 31.9 Å². The molecule has 3 heterocycles. The number of methoxy groups -OCH3 is 1. The van der Waals surface area contributed by atoms with Gasteiger partial charge in [0.1, 0.15) is 17.4 Å². The average Bonchev–Trinajstić information content (AvgIpc) is 3.27. The molecule has 0 unspecified atom stereocenters. The molecule has 1 aliphatic rings. The van der Waals surface area contributed by atoms with Crippen molar-refractivity contribution in [1.29, 1.82) is 0 Å². The van der Waals surface area contributed by atoms with E-state index in [1.807, 2.05) is 49.3 Å². The van der Waals surface area contributed by atoms with Gasteiger partial charge in [-0.05, 0) is 34.5 Å². The molecule has 1 saturated heterocycles. The molecule has 1 aliphatic heterocycles. The lowest BCUT2D eigenvalue weighted by Gasteiger charge is -2.35. The molecule has 1 N–H and O–H groups in total. The maximum absolute atomic E-state index is 5.33. The van der Waals surface area contributed by atoms with Crippen molar-refractivity contribution in [2.24, 2.45) is 0 Å². The number of hydrogen-bond acceptors (Lipinski definition) is 8. The van der Waals surface area contributed by atoms with Crippen LogP contribution in [0, 0.1) is 0 Å². The van der Waals surface area contributed by atoms with Crippen molar-refractivity contribution in [3.05, 3.63) is 52.7 Å². The number of anilines is 4.